The van der Waals surface area contributed by atoms with E-state index in [0.29, 0.717) is 6.42 Å². The minimum Gasteiger partial charge on any atom is -0.469 e. The lowest BCUT2D eigenvalue weighted by molar-refractivity contribution is -0.140. The number of esters is 1. The van der Waals surface area contributed by atoms with E-state index < -0.39 is 16.0 Å². The predicted molar refractivity (Wildman–Crippen MR) is 56.5 cm³/mol. The number of nitrogens with one attached hydrogen (secondary N) is 1. The van der Waals surface area contributed by atoms with Crippen LogP contribution in [-0.2, 0) is 19.6 Å². The summed E-state index contributed by atoms with van der Waals surface area (Å²) in [6.07, 6.45) is 5.68. The van der Waals surface area contributed by atoms with Gasteiger partial charge < -0.3 is 4.74 Å². The van der Waals surface area contributed by atoms with Gasteiger partial charge in [0.15, 0.2) is 0 Å². The van der Waals surface area contributed by atoms with Gasteiger partial charge in [0.1, 0.15) is 0 Å². The Kier molecular flexibility index (Phi) is 6.75. The minimum atomic E-state index is -3.31. The van der Waals surface area contributed by atoms with Crippen molar-refractivity contribution in [3.05, 3.63) is 0 Å². The van der Waals surface area contributed by atoms with Gasteiger partial charge in [0.25, 0.3) is 0 Å². The molecule has 0 saturated carbocycles. The van der Waals surface area contributed by atoms with Crippen molar-refractivity contribution < 1.29 is 17.9 Å². The first kappa shape index (κ1) is 13.9. The Hall–Kier alpha value is -1.06. The van der Waals surface area contributed by atoms with E-state index in [1.54, 1.807) is 0 Å². The van der Waals surface area contributed by atoms with Gasteiger partial charge in [0.2, 0.25) is 10.0 Å². The Balaban J connectivity index is 3.75. The summed E-state index contributed by atoms with van der Waals surface area (Å²) in [5.74, 6) is 1.82. The molecule has 0 aromatic carbocycles. The molecule has 86 valence electrons. The van der Waals surface area contributed by atoms with E-state index in [0.717, 1.165) is 0 Å². The number of rotatable bonds is 7. The smallest absolute Gasteiger partial charge is 0.305 e. The van der Waals surface area contributed by atoms with Gasteiger partial charge in [-0.2, -0.15) is 0 Å². The topological polar surface area (TPSA) is 72.5 Å². The summed E-state index contributed by atoms with van der Waals surface area (Å²) in [6, 6.07) is 0. The molecular formula is C9H15NO4S. The average molecular weight is 233 g/mol. The molecule has 0 aliphatic rings. The second-order valence-electron chi connectivity index (χ2n) is 2.85. The molecule has 0 amide bonds. The molecule has 15 heavy (non-hydrogen) atoms. The first-order valence-corrected chi connectivity index (χ1v) is 6.14. The number of ether oxygens (including phenoxy) is 1. The van der Waals surface area contributed by atoms with Gasteiger partial charge in [-0.15, -0.1) is 12.3 Å². The number of hydrogen-bond donors (Lipinski definition) is 1. The second-order valence-corrected chi connectivity index (χ2v) is 4.77. The number of terminal acetylenes is 1. The van der Waals surface area contributed by atoms with E-state index in [4.69, 9.17) is 6.42 Å². The fourth-order valence-electron chi connectivity index (χ4n) is 0.859. The number of hydrogen-bond acceptors (Lipinski definition) is 4. The van der Waals surface area contributed by atoms with Crippen LogP contribution in [0, 0.1) is 12.3 Å². The van der Waals surface area contributed by atoms with Crippen LogP contribution >= 0.6 is 0 Å². The van der Waals surface area contributed by atoms with Crippen molar-refractivity contribution in [1.29, 1.82) is 0 Å². The lowest BCUT2D eigenvalue weighted by Crippen LogP contribution is -2.27. The number of carbonyl (C=O) groups is 1. The van der Waals surface area contributed by atoms with Gasteiger partial charge in [-0.3, -0.25) is 4.79 Å². The molecule has 0 fully saturated rings. The average Bonchev–Trinajstić information content (AvgIpc) is 2.17. The van der Waals surface area contributed by atoms with E-state index in [2.05, 4.69) is 15.4 Å². The lowest BCUT2D eigenvalue weighted by Gasteiger charge is -2.04. The summed E-state index contributed by atoms with van der Waals surface area (Å²) in [6.45, 7) is 0.233. The van der Waals surface area contributed by atoms with Crippen LogP contribution < -0.4 is 4.72 Å². The van der Waals surface area contributed by atoms with E-state index in [-0.39, 0.29) is 25.1 Å². The SMILES string of the molecule is C#CCCNS(=O)(=O)CCCC(=O)OC. The van der Waals surface area contributed by atoms with Crippen LogP contribution in [-0.4, -0.2) is 33.8 Å². The zero-order valence-corrected chi connectivity index (χ0v) is 9.47. The highest BCUT2D eigenvalue weighted by Gasteiger charge is 2.10. The molecule has 1 N–H and O–H groups in total. The van der Waals surface area contributed by atoms with Crippen LogP contribution in [0.3, 0.4) is 0 Å². The summed E-state index contributed by atoms with van der Waals surface area (Å²) in [4.78, 5) is 10.7. The lowest BCUT2D eigenvalue weighted by atomic mass is 10.3. The Morgan fingerprint density at radius 1 is 1.53 bits per heavy atom. The Bertz CT molecular complexity index is 329. The fourth-order valence-corrected chi connectivity index (χ4v) is 1.94. The standard InChI is InChI=1S/C9H15NO4S/c1-3-4-7-10-15(12,13)8-5-6-9(11)14-2/h1,10H,4-8H2,2H3. The molecule has 0 aromatic heterocycles. The molecular weight excluding hydrogens is 218 g/mol. The van der Waals surface area contributed by atoms with Crippen molar-refractivity contribution >= 4 is 16.0 Å². The van der Waals surface area contributed by atoms with Gasteiger partial charge >= 0.3 is 5.97 Å². The third-order valence-electron chi connectivity index (χ3n) is 1.61. The first-order chi connectivity index (χ1) is 7.02. The molecule has 5 nitrogen and oxygen atoms in total. The molecule has 6 heteroatoms. The van der Waals surface area contributed by atoms with Gasteiger partial charge in [0.05, 0.1) is 12.9 Å². The normalized spacial score (nSPS) is 10.7. The van der Waals surface area contributed by atoms with Gasteiger partial charge in [0, 0.05) is 19.4 Å². The summed E-state index contributed by atoms with van der Waals surface area (Å²) in [7, 11) is -2.05. The van der Waals surface area contributed by atoms with Crippen molar-refractivity contribution in [3.63, 3.8) is 0 Å². The Morgan fingerprint density at radius 3 is 2.73 bits per heavy atom. The number of sulfonamides is 1. The predicted octanol–water partition coefficient (Wildman–Crippen LogP) is -0.118. The Labute approximate surface area is 90.2 Å². The molecule has 0 unspecified atom stereocenters. The van der Waals surface area contributed by atoms with Crippen LogP contribution in [0.25, 0.3) is 0 Å². The van der Waals surface area contributed by atoms with E-state index in [1.807, 2.05) is 0 Å². The summed E-state index contributed by atoms with van der Waals surface area (Å²) < 4.78 is 29.2. The molecule has 0 saturated heterocycles. The van der Waals surface area contributed by atoms with Crippen LogP contribution in [0.1, 0.15) is 19.3 Å². The maximum atomic E-state index is 11.2. The molecule has 0 rings (SSSR count). The van der Waals surface area contributed by atoms with E-state index in [9.17, 15) is 13.2 Å². The highest BCUT2D eigenvalue weighted by atomic mass is 32.2. The van der Waals surface area contributed by atoms with Gasteiger partial charge in [-0.25, -0.2) is 13.1 Å². The quantitative estimate of drug-likeness (QED) is 0.378. The third-order valence-corrected chi connectivity index (χ3v) is 3.08. The molecule has 0 heterocycles. The van der Waals surface area contributed by atoms with E-state index >= 15 is 0 Å². The number of methoxy groups -OCH3 is 1. The van der Waals surface area contributed by atoms with Crippen LogP contribution in [0.2, 0.25) is 0 Å². The van der Waals surface area contributed by atoms with Crippen LogP contribution in [0.15, 0.2) is 0 Å². The fraction of sp³-hybridized carbons (Fsp3) is 0.667. The molecule has 0 aliphatic carbocycles. The molecule has 0 atom stereocenters. The zero-order valence-electron chi connectivity index (χ0n) is 8.65. The summed E-state index contributed by atoms with van der Waals surface area (Å²) >= 11 is 0. The molecule has 0 spiro atoms. The molecule has 0 radical (unpaired) electrons. The first-order valence-electron chi connectivity index (χ1n) is 4.49. The van der Waals surface area contributed by atoms with Crippen molar-refractivity contribution in [2.75, 3.05) is 19.4 Å². The van der Waals surface area contributed by atoms with Crippen molar-refractivity contribution in [1.82, 2.24) is 4.72 Å². The molecule has 0 aromatic rings. The highest BCUT2D eigenvalue weighted by Crippen LogP contribution is 1.96. The number of carbonyl (C=O) groups excluding carboxylic acids is 1. The zero-order chi connectivity index (χ0) is 11.7. The van der Waals surface area contributed by atoms with Crippen LogP contribution in [0.5, 0.6) is 0 Å². The van der Waals surface area contributed by atoms with Crippen molar-refractivity contribution in [2.45, 2.75) is 19.3 Å². The Morgan fingerprint density at radius 2 is 2.20 bits per heavy atom. The van der Waals surface area contributed by atoms with Gasteiger partial charge in [-0.05, 0) is 6.42 Å². The maximum absolute atomic E-state index is 11.2. The molecule has 0 bridgehead atoms. The summed E-state index contributed by atoms with van der Waals surface area (Å²) in [5, 5.41) is 0. The largest absolute Gasteiger partial charge is 0.469 e. The monoisotopic (exact) mass is 233 g/mol. The molecule has 0 aliphatic heterocycles. The van der Waals surface area contributed by atoms with Crippen molar-refractivity contribution in [2.24, 2.45) is 0 Å². The summed E-state index contributed by atoms with van der Waals surface area (Å²) in [5.41, 5.74) is 0. The maximum Gasteiger partial charge on any atom is 0.305 e. The van der Waals surface area contributed by atoms with Crippen molar-refractivity contribution in [3.8, 4) is 12.3 Å². The van der Waals surface area contributed by atoms with E-state index in [1.165, 1.54) is 7.11 Å². The second kappa shape index (κ2) is 7.26. The third kappa shape index (κ3) is 7.97. The van der Waals surface area contributed by atoms with Crippen LogP contribution in [0.4, 0.5) is 0 Å². The minimum absolute atomic E-state index is 0.0906. The highest BCUT2D eigenvalue weighted by molar-refractivity contribution is 7.89. The van der Waals surface area contributed by atoms with Gasteiger partial charge in [-0.1, -0.05) is 0 Å².